The van der Waals surface area contributed by atoms with Crippen LogP contribution < -0.4 is 26.8 Å². The van der Waals surface area contributed by atoms with Gasteiger partial charge in [-0.05, 0) is 105 Å². The molecule has 5 aliphatic rings. The Morgan fingerprint density at radius 2 is 1.19 bits per heavy atom. The van der Waals surface area contributed by atoms with E-state index in [-0.39, 0.29) is 22.7 Å². The lowest BCUT2D eigenvalue weighted by Crippen LogP contribution is -2.58. The Hall–Kier alpha value is -5.40. The van der Waals surface area contributed by atoms with E-state index in [0.29, 0.717) is 0 Å². The van der Waals surface area contributed by atoms with E-state index in [0.717, 1.165) is 0 Å². The number of hydrogen-bond donors (Lipinski definition) is 0. The van der Waals surface area contributed by atoms with E-state index in [2.05, 4.69) is 217 Å². The van der Waals surface area contributed by atoms with Crippen LogP contribution in [-0.4, -0.2) is 36.9 Å². The van der Waals surface area contributed by atoms with E-state index in [1.807, 2.05) is 0 Å². The summed E-state index contributed by atoms with van der Waals surface area (Å²) in [7, 11) is 9.44. The van der Waals surface area contributed by atoms with E-state index < -0.39 is 11.0 Å². The maximum atomic E-state index is 2.78. The zero-order valence-electron chi connectivity index (χ0n) is 36.4. The van der Waals surface area contributed by atoms with Gasteiger partial charge in [-0.2, -0.15) is 0 Å². The van der Waals surface area contributed by atoms with Crippen LogP contribution in [0, 0.1) is 11.8 Å². The minimum atomic E-state index is -0.467. The molecule has 5 heteroatoms. The van der Waals surface area contributed by atoms with Gasteiger partial charge in [0.1, 0.15) is 31.4 Å². The average Bonchev–Trinajstić information content (AvgIpc) is 3.68. The molecule has 0 aromatic heterocycles. The number of allylic oxidation sites excluding steroid dienone is 4. The highest BCUT2D eigenvalue weighted by Gasteiger charge is 2.59. The summed E-state index contributed by atoms with van der Waals surface area (Å²) >= 11 is 0. The highest BCUT2D eigenvalue weighted by Crippen LogP contribution is 2.66. The molecule has 0 saturated heterocycles. The zero-order valence-corrected chi connectivity index (χ0v) is 36.4. The van der Waals surface area contributed by atoms with Gasteiger partial charge in [0.15, 0.2) is 0 Å². The van der Waals surface area contributed by atoms with Gasteiger partial charge in [-0.1, -0.05) is 166 Å². The van der Waals surface area contributed by atoms with Crippen molar-refractivity contribution in [3.05, 3.63) is 190 Å². The predicted molar refractivity (Wildman–Crippen MR) is 262 cm³/mol. The van der Waals surface area contributed by atoms with E-state index in [1.165, 1.54) is 94.4 Å². The van der Waals surface area contributed by atoms with Crippen molar-refractivity contribution in [2.24, 2.45) is 11.8 Å². The Balaban J connectivity index is 1.22. The molecule has 0 bridgehead atoms. The average molecular weight is 757 g/mol. The molecule has 5 unspecified atom stereocenters. The first-order valence-corrected chi connectivity index (χ1v) is 21.9. The Labute approximate surface area is 355 Å². The van der Waals surface area contributed by atoms with Crippen LogP contribution in [0.15, 0.2) is 156 Å². The minimum absolute atomic E-state index is 0.0388. The number of anilines is 2. The zero-order chi connectivity index (χ0) is 41.0. The second-order valence-electron chi connectivity index (χ2n) is 19.3. The van der Waals surface area contributed by atoms with Crippen molar-refractivity contribution in [3.63, 3.8) is 0 Å². The number of rotatable bonds is 3. The maximum absolute atomic E-state index is 2.78. The summed E-state index contributed by atoms with van der Waals surface area (Å²) < 4.78 is 0. The van der Waals surface area contributed by atoms with Crippen molar-refractivity contribution in [1.29, 1.82) is 0 Å². The fourth-order valence-electron chi connectivity index (χ4n) is 13.3. The van der Waals surface area contributed by atoms with Crippen molar-refractivity contribution in [2.45, 2.75) is 63.3 Å². The van der Waals surface area contributed by atoms with Gasteiger partial charge in [-0.3, -0.25) is 0 Å². The first-order valence-electron chi connectivity index (χ1n) is 21.9. The molecule has 6 aromatic carbocycles. The second-order valence-corrected chi connectivity index (χ2v) is 19.3. The Morgan fingerprint density at radius 3 is 1.93 bits per heavy atom. The molecule has 6 aromatic rings. The van der Waals surface area contributed by atoms with Crippen LogP contribution in [-0.2, 0) is 16.2 Å². The van der Waals surface area contributed by atoms with Crippen molar-refractivity contribution in [3.8, 4) is 22.3 Å². The molecule has 0 radical (unpaired) electrons. The molecule has 0 fully saturated rings. The van der Waals surface area contributed by atoms with Crippen LogP contribution in [0.4, 0.5) is 11.4 Å². The molecular weight excluding hydrogens is 706 g/mol. The lowest BCUT2D eigenvalue weighted by atomic mass is 9.50. The van der Waals surface area contributed by atoms with Crippen LogP contribution in [0.2, 0.25) is 0 Å². The molecule has 0 amide bonds. The fraction of sp³-hybridized carbons (Fsp3) is 0.222. The summed E-state index contributed by atoms with van der Waals surface area (Å²) in [5.74, 6) is 0.458. The minimum Gasteiger partial charge on any atom is -0.328 e. The van der Waals surface area contributed by atoms with Gasteiger partial charge >= 0.3 is 0 Å². The standard InChI is InChI=1S/C54H51B4N/c1-30-26-27-53(6)50-43(30)31(2)41(54(32-16-8-7-9-17-32)39-21-13-11-19-35(39)44-45(54)47(56)49(58)48(57)46(44)55)29-52(50,5)40-22-14-15-23-42(40)59(53)33-24-25-38-36(28-33)34-18-10-12-20-37(34)51(38,3)4/h7-31H,55-58H2,1-6H3. The van der Waals surface area contributed by atoms with E-state index >= 15 is 0 Å². The van der Waals surface area contributed by atoms with Gasteiger partial charge in [-0.15, -0.1) is 10.9 Å². The summed E-state index contributed by atoms with van der Waals surface area (Å²) in [4.78, 5) is 2.69. The lowest BCUT2D eigenvalue weighted by molar-refractivity contribution is 0.436. The van der Waals surface area contributed by atoms with Crippen LogP contribution in [0.3, 0.4) is 0 Å². The predicted octanol–water partition coefficient (Wildman–Crippen LogP) is 6.29. The number of benzene rings is 6. The number of para-hydroxylation sites is 1. The summed E-state index contributed by atoms with van der Waals surface area (Å²) in [5, 5.41) is 0. The van der Waals surface area contributed by atoms with E-state index in [4.69, 9.17) is 0 Å². The monoisotopic (exact) mass is 757 g/mol. The Bertz CT molecular complexity index is 2940. The molecular formula is C54H51B4N. The van der Waals surface area contributed by atoms with Gasteiger partial charge in [0.2, 0.25) is 0 Å². The molecule has 5 atom stereocenters. The number of hydrogen-bond acceptors (Lipinski definition) is 1. The molecule has 59 heavy (non-hydrogen) atoms. The molecule has 1 heterocycles. The van der Waals surface area contributed by atoms with Gasteiger partial charge < -0.3 is 4.90 Å². The summed E-state index contributed by atoms with van der Waals surface area (Å²) in [6.45, 7) is 14.8. The second kappa shape index (κ2) is 12.1. The molecule has 284 valence electrons. The maximum Gasteiger partial charge on any atom is 0.139 e. The first-order chi connectivity index (χ1) is 28.3. The number of nitrogens with zero attached hydrogens (tertiary/aromatic N) is 1. The third-order valence-electron chi connectivity index (χ3n) is 16.2. The van der Waals surface area contributed by atoms with Gasteiger partial charge in [-0.25, -0.2) is 0 Å². The van der Waals surface area contributed by atoms with Crippen LogP contribution >= 0.6 is 0 Å². The summed E-state index contributed by atoms with van der Waals surface area (Å²) in [6.07, 6.45) is 7.86. The molecule has 1 nitrogen and oxygen atoms in total. The van der Waals surface area contributed by atoms with Crippen molar-refractivity contribution in [2.75, 3.05) is 4.90 Å². The third-order valence-corrected chi connectivity index (χ3v) is 16.2. The van der Waals surface area contributed by atoms with E-state index in [1.54, 1.807) is 11.1 Å². The quantitative estimate of drug-likeness (QED) is 0.152. The molecule has 0 saturated carbocycles. The smallest absolute Gasteiger partial charge is 0.139 e. The van der Waals surface area contributed by atoms with Gasteiger partial charge in [0.05, 0.1) is 11.0 Å². The molecule has 1 aliphatic heterocycles. The van der Waals surface area contributed by atoms with E-state index in [9.17, 15) is 0 Å². The summed E-state index contributed by atoms with van der Waals surface area (Å²) in [5.41, 5.74) is 25.5. The van der Waals surface area contributed by atoms with Crippen LogP contribution in [0.5, 0.6) is 0 Å². The van der Waals surface area contributed by atoms with Gasteiger partial charge in [0, 0.05) is 28.1 Å². The van der Waals surface area contributed by atoms with Crippen molar-refractivity contribution >= 4 is 64.6 Å². The third kappa shape index (κ3) is 4.37. The largest absolute Gasteiger partial charge is 0.328 e. The van der Waals surface area contributed by atoms with Gasteiger partial charge in [0.25, 0.3) is 0 Å². The van der Waals surface area contributed by atoms with Crippen molar-refractivity contribution in [1.82, 2.24) is 0 Å². The molecule has 0 spiro atoms. The Kier molecular flexibility index (Phi) is 7.52. The highest BCUT2D eigenvalue weighted by molar-refractivity contribution is 6.64. The number of fused-ring (bicyclic) bond motifs is 8. The first kappa shape index (κ1) is 36.7. The SMILES string of the molecule is Bc1c(B)c(B)c2c(c1B)-c1ccccc1C2(C1=CC2(C)C3=C(C(C)C=CC3(C)N(c3ccc4c(c3)-c3ccccc3C4(C)C)c3ccccc32)C1C)c1ccccc1. The topological polar surface area (TPSA) is 3.24 Å². The molecule has 11 rings (SSSR count). The lowest BCUT2D eigenvalue weighted by Gasteiger charge is -2.60. The fourth-order valence-corrected chi connectivity index (χ4v) is 13.3. The highest BCUT2D eigenvalue weighted by atomic mass is 15.2. The van der Waals surface area contributed by atoms with Crippen LogP contribution in [0.1, 0.15) is 74.9 Å². The normalized spacial score (nSPS) is 26.3. The van der Waals surface area contributed by atoms with Crippen molar-refractivity contribution < 1.29 is 0 Å². The van der Waals surface area contributed by atoms with Crippen LogP contribution in [0.25, 0.3) is 22.3 Å². The summed E-state index contributed by atoms with van der Waals surface area (Å²) in [6, 6.07) is 46.6. The Morgan fingerprint density at radius 1 is 0.576 bits per heavy atom. The molecule has 4 aliphatic carbocycles. The molecule has 0 N–H and O–H groups in total.